The molecule has 0 aliphatic rings. The van der Waals surface area contributed by atoms with E-state index in [9.17, 15) is 18.0 Å². The molecule has 27 heavy (non-hydrogen) atoms. The Hall–Kier alpha value is -1.93. The molecule has 0 fully saturated rings. The van der Waals surface area contributed by atoms with E-state index in [1.165, 1.54) is 13.2 Å². The molecule has 0 bridgehead atoms. The lowest BCUT2D eigenvalue weighted by molar-refractivity contribution is -0.155. The van der Waals surface area contributed by atoms with Crippen molar-refractivity contribution in [2.75, 3.05) is 7.11 Å². The van der Waals surface area contributed by atoms with Gasteiger partial charge in [0.1, 0.15) is 5.60 Å². The second-order valence-electron chi connectivity index (χ2n) is 8.02. The number of esters is 2. The van der Waals surface area contributed by atoms with Crippen molar-refractivity contribution in [1.82, 2.24) is 4.72 Å². The van der Waals surface area contributed by atoms with E-state index < -0.39 is 27.1 Å². The molecule has 0 aliphatic carbocycles. The van der Waals surface area contributed by atoms with Crippen LogP contribution < -0.4 is 4.72 Å². The highest BCUT2D eigenvalue weighted by Crippen LogP contribution is 2.18. The molecule has 0 amide bonds. The summed E-state index contributed by atoms with van der Waals surface area (Å²) in [6, 6.07) is 6.27. The van der Waals surface area contributed by atoms with Gasteiger partial charge in [0, 0.05) is 12.0 Å². The number of hydrogen-bond acceptors (Lipinski definition) is 6. The number of rotatable bonds is 8. The second kappa shape index (κ2) is 8.84. The minimum absolute atomic E-state index is 0.102. The molecule has 152 valence electrons. The Morgan fingerprint density at radius 1 is 1.11 bits per heavy atom. The van der Waals surface area contributed by atoms with E-state index in [4.69, 9.17) is 4.74 Å². The Morgan fingerprint density at radius 3 is 2.30 bits per heavy atom. The number of hydrogen-bond donors (Lipinski definition) is 1. The summed E-state index contributed by atoms with van der Waals surface area (Å²) in [4.78, 5) is 23.4. The van der Waals surface area contributed by atoms with Gasteiger partial charge in [0.15, 0.2) is 0 Å². The summed E-state index contributed by atoms with van der Waals surface area (Å²) in [6.07, 6.45) is 0.397. The van der Waals surface area contributed by atoms with Crippen LogP contribution in [0, 0.1) is 0 Å². The first-order valence-electron chi connectivity index (χ1n) is 8.64. The van der Waals surface area contributed by atoms with Crippen LogP contribution in [0.4, 0.5) is 0 Å². The maximum absolute atomic E-state index is 12.5. The molecule has 0 spiro atoms. The quantitative estimate of drug-likeness (QED) is 0.675. The molecule has 8 heteroatoms. The Bertz CT molecular complexity index is 778. The van der Waals surface area contributed by atoms with E-state index >= 15 is 0 Å². The minimum atomic E-state index is -3.68. The summed E-state index contributed by atoms with van der Waals surface area (Å²) in [5.74, 6) is -1.19. The summed E-state index contributed by atoms with van der Waals surface area (Å²) in [5, 5.41) is 0. The van der Waals surface area contributed by atoms with Crippen molar-refractivity contribution >= 4 is 22.0 Å². The number of methoxy groups -OCH3 is 1. The fourth-order valence-corrected chi connectivity index (χ4v) is 4.08. The third-order valence-electron chi connectivity index (χ3n) is 3.51. The van der Waals surface area contributed by atoms with Gasteiger partial charge in [0.25, 0.3) is 0 Å². The van der Waals surface area contributed by atoms with Gasteiger partial charge in [-0.25, -0.2) is 17.9 Å². The Kier molecular flexibility index (Phi) is 7.57. The summed E-state index contributed by atoms with van der Waals surface area (Å²) in [5.41, 5.74) is -0.649. The van der Waals surface area contributed by atoms with Crippen LogP contribution in [0.25, 0.3) is 0 Å². The molecule has 0 aliphatic heterocycles. The van der Waals surface area contributed by atoms with E-state index in [0.717, 1.165) is 0 Å². The molecule has 1 aromatic rings. The zero-order valence-corrected chi connectivity index (χ0v) is 17.6. The molecule has 0 unspecified atom stereocenters. The van der Waals surface area contributed by atoms with E-state index in [1.54, 1.807) is 52.8 Å². The van der Waals surface area contributed by atoms with Crippen molar-refractivity contribution in [3.8, 4) is 0 Å². The molecule has 7 nitrogen and oxygen atoms in total. The van der Waals surface area contributed by atoms with Crippen LogP contribution in [0.5, 0.6) is 0 Å². The third kappa shape index (κ3) is 9.01. The minimum Gasteiger partial charge on any atom is -0.465 e. The number of nitrogens with one attached hydrogen (secondary N) is 1. The van der Waals surface area contributed by atoms with E-state index in [1.807, 2.05) is 0 Å². The Morgan fingerprint density at radius 2 is 1.74 bits per heavy atom. The van der Waals surface area contributed by atoms with Gasteiger partial charge < -0.3 is 9.47 Å². The fourth-order valence-electron chi connectivity index (χ4n) is 2.44. The number of benzene rings is 1. The molecule has 1 aromatic carbocycles. The Labute approximate surface area is 161 Å². The SMILES string of the molecule is COC(=O)c1cccc(CS(=O)(=O)NC(C)(C)CCC(=O)OC(C)(C)C)c1. The van der Waals surface area contributed by atoms with Gasteiger partial charge in [-0.1, -0.05) is 12.1 Å². The average Bonchev–Trinajstić information content (AvgIpc) is 2.49. The largest absolute Gasteiger partial charge is 0.465 e. The molecule has 0 saturated heterocycles. The summed E-state index contributed by atoms with van der Waals surface area (Å²) in [7, 11) is -2.41. The molecular formula is C19H29NO6S. The van der Waals surface area contributed by atoms with Crippen molar-refractivity contribution in [1.29, 1.82) is 0 Å². The highest BCUT2D eigenvalue weighted by atomic mass is 32.2. The van der Waals surface area contributed by atoms with E-state index in [2.05, 4.69) is 9.46 Å². The monoisotopic (exact) mass is 399 g/mol. The van der Waals surface area contributed by atoms with E-state index in [-0.39, 0.29) is 23.7 Å². The first-order valence-corrected chi connectivity index (χ1v) is 10.3. The van der Waals surface area contributed by atoms with Gasteiger partial charge in [0.05, 0.1) is 18.4 Å². The summed E-state index contributed by atoms with van der Waals surface area (Å²) >= 11 is 0. The predicted octanol–water partition coefficient (Wildman–Crippen LogP) is 2.79. The summed E-state index contributed by atoms with van der Waals surface area (Å²) < 4.78 is 37.5. The highest BCUT2D eigenvalue weighted by Gasteiger charge is 2.27. The molecule has 0 saturated carbocycles. The average molecular weight is 400 g/mol. The molecule has 0 radical (unpaired) electrons. The van der Waals surface area contributed by atoms with Crippen molar-refractivity contribution < 1.29 is 27.5 Å². The fraction of sp³-hybridized carbons (Fsp3) is 0.579. The standard InChI is InChI=1S/C19H29NO6S/c1-18(2,3)26-16(21)10-11-19(4,5)20-27(23,24)13-14-8-7-9-15(12-14)17(22)25-6/h7-9,12,20H,10-11,13H2,1-6H3. The predicted molar refractivity (Wildman–Crippen MR) is 103 cm³/mol. The molecule has 0 atom stereocenters. The van der Waals surface area contributed by atoms with Crippen LogP contribution in [0.15, 0.2) is 24.3 Å². The van der Waals surface area contributed by atoms with Gasteiger partial charge in [-0.2, -0.15) is 0 Å². The van der Waals surface area contributed by atoms with Crippen LogP contribution >= 0.6 is 0 Å². The normalized spacial score (nSPS) is 12.5. The van der Waals surface area contributed by atoms with Gasteiger partial charge in [-0.3, -0.25) is 4.79 Å². The van der Waals surface area contributed by atoms with Crippen LogP contribution in [-0.4, -0.2) is 38.6 Å². The maximum Gasteiger partial charge on any atom is 0.337 e. The smallest absolute Gasteiger partial charge is 0.337 e. The first kappa shape index (κ1) is 23.1. The summed E-state index contributed by atoms with van der Waals surface area (Å²) in [6.45, 7) is 8.75. The van der Waals surface area contributed by atoms with Crippen molar-refractivity contribution in [2.24, 2.45) is 0 Å². The van der Waals surface area contributed by atoms with Gasteiger partial charge in [-0.05, 0) is 58.7 Å². The van der Waals surface area contributed by atoms with Crippen molar-refractivity contribution in [3.05, 3.63) is 35.4 Å². The zero-order chi connectivity index (χ0) is 20.9. The third-order valence-corrected chi connectivity index (χ3v) is 5.09. The lowest BCUT2D eigenvalue weighted by Gasteiger charge is -2.27. The first-order chi connectivity index (χ1) is 12.2. The van der Waals surface area contributed by atoms with Gasteiger partial charge in [0.2, 0.25) is 10.0 Å². The number of carbonyl (C=O) groups excluding carboxylic acids is 2. The van der Waals surface area contributed by atoms with Crippen LogP contribution in [0.2, 0.25) is 0 Å². The second-order valence-corrected chi connectivity index (χ2v) is 9.75. The lowest BCUT2D eigenvalue weighted by Crippen LogP contribution is -2.44. The highest BCUT2D eigenvalue weighted by molar-refractivity contribution is 7.88. The van der Waals surface area contributed by atoms with Crippen LogP contribution in [0.3, 0.4) is 0 Å². The van der Waals surface area contributed by atoms with E-state index in [0.29, 0.717) is 12.0 Å². The maximum atomic E-state index is 12.5. The zero-order valence-electron chi connectivity index (χ0n) is 16.8. The molecule has 1 rings (SSSR count). The molecule has 0 aromatic heterocycles. The Balaban J connectivity index is 2.73. The van der Waals surface area contributed by atoms with Crippen LogP contribution in [-0.2, 0) is 30.0 Å². The lowest BCUT2D eigenvalue weighted by atomic mass is 10.0. The molecular weight excluding hydrogens is 370 g/mol. The molecule has 1 N–H and O–H groups in total. The van der Waals surface area contributed by atoms with Crippen molar-refractivity contribution in [3.63, 3.8) is 0 Å². The molecule has 0 heterocycles. The number of sulfonamides is 1. The van der Waals surface area contributed by atoms with Gasteiger partial charge >= 0.3 is 11.9 Å². The van der Waals surface area contributed by atoms with Crippen LogP contribution in [0.1, 0.15) is 63.4 Å². The topological polar surface area (TPSA) is 98.8 Å². The number of carbonyl (C=O) groups is 2. The van der Waals surface area contributed by atoms with Crippen molar-refractivity contribution in [2.45, 2.75) is 64.4 Å². The van der Waals surface area contributed by atoms with Gasteiger partial charge in [-0.15, -0.1) is 0 Å². The number of ether oxygens (including phenoxy) is 2.